The zero-order valence-electron chi connectivity index (χ0n) is 19.9. The molecular weight excluding hydrogens is 464 g/mol. The third kappa shape index (κ3) is 5.99. The first-order valence-corrected chi connectivity index (χ1v) is 13.3. The van der Waals surface area contributed by atoms with Gasteiger partial charge in [0.2, 0.25) is 5.91 Å². The number of ether oxygens (including phenoxy) is 1. The van der Waals surface area contributed by atoms with Crippen LogP contribution in [0.15, 0.2) is 48.5 Å². The lowest BCUT2D eigenvalue weighted by Gasteiger charge is -2.24. The minimum absolute atomic E-state index is 0.00364. The molecule has 2 aliphatic carbocycles. The van der Waals surface area contributed by atoms with Gasteiger partial charge in [-0.3, -0.25) is 9.59 Å². The smallest absolute Gasteiger partial charge is 0.407 e. The van der Waals surface area contributed by atoms with Crippen molar-refractivity contribution in [2.75, 3.05) is 12.4 Å². The molecule has 2 aromatic rings. The van der Waals surface area contributed by atoms with Crippen LogP contribution in [0.2, 0.25) is 0 Å². The van der Waals surface area contributed by atoms with E-state index in [1.54, 1.807) is 0 Å². The molecule has 0 bridgehead atoms. The Morgan fingerprint density at radius 3 is 2.34 bits per heavy atom. The van der Waals surface area contributed by atoms with E-state index in [-0.39, 0.29) is 37.3 Å². The number of hydrogen-bond donors (Lipinski definition) is 3. The molecule has 0 aliphatic heterocycles. The van der Waals surface area contributed by atoms with Crippen LogP contribution in [0.5, 0.6) is 0 Å². The first-order valence-electron chi connectivity index (χ1n) is 12.2. The first-order chi connectivity index (χ1) is 17.0. The van der Waals surface area contributed by atoms with E-state index in [2.05, 4.69) is 29.7 Å². The molecule has 7 nitrogen and oxygen atoms in total. The maximum atomic E-state index is 13.0. The van der Waals surface area contributed by atoms with Crippen molar-refractivity contribution in [3.8, 4) is 11.1 Å². The quantitative estimate of drug-likeness (QED) is 0.446. The molecule has 4 rings (SSSR count). The Bertz CT molecular complexity index is 1030. The van der Waals surface area contributed by atoms with Crippen molar-refractivity contribution in [1.29, 1.82) is 0 Å². The normalized spacial score (nSPS) is 19.5. The van der Waals surface area contributed by atoms with E-state index in [0.29, 0.717) is 5.25 Å². The van der Waals surface area contributed by atoms with Gasteiger partial charge in [-0.25, -0.2) is 4.79 Å². The molecule has 2 amide bonds. The molecule has 8 heteroatoms. The number of thioether (sulfide) groups is 1. The largest absolute Gasteiger partial charge is 0.481 e. The molecule has 3 atom stereocenters. The zero-order chi connectivity index (χ0) is 24.8. The molecule has 1 fully saturated rings. The molecular formula is C27H32N2O5S. The van der Waals surface area contributed by atoms with Crippen LogP contribution in [0.1, 0.15) is 56.1 Å². The van der Waals surface area contributed by atoms with Crippen LogP contribution in [0, 0.1) is 0 Å². The van der Waals surface area contributed by atoms with Gasteiger partial charge in [0.25, 0.3) is 0 Å². The Hall–Kier alpha value is -3.00. The van der Waals surface area contributed by atoms with Gasteiger partial charge in [-0.2, -0.15) is 11.8 Å². The first kappa shape index (κ1) is 25.1. The minimum atomic E-state index is -1.02. The van der Waals surface area contributed by atoms with E-state index in [4.69, 9.17) is 9.84 Å². The fraction of sp³-hybridized carbons (Fsp3) is 0.444. The van der Waals surface area contributed by atoms with Crippen molar-refractivity contribution in [2.24, 2.45) is 0 Å². The van der Waals surface area contributed by atoms with Crippen molar-refractivity contribution in [3.05, 3.63) is 59.7 Å². The summed E-state index contributed by atoms with van der Waals surface area (Å²) in [5.41, 5.74) is 4.46. The Kier molecular flexibility index (Phi) is 8.33. The summed E-state index contributed by atoms with van der Waals surface area (Å²) in [6, 6.07) is 15.2. The van der Waals surface area contributed by atoms with Crippen LogP contribution in [0.3, 0.4) is 0 Å². The van der Waals surface area contributed by atoms with Crippen LogP contribution < -0.4 is 10.6 Å². The average molecular weight is 497 g/mol. The summed E-state index contributed by atoms with van der Waals surface area (Å²) in [6.45, 7) is 2.22. The van der Waals surface area contributed by atoms with Gasteiger partial charge in [0.15, 0.2) is 0 Å². The molecule has 0 saturated heterocycles. The lowest BCUT2D eigenvalue weighted by Crippen LogP contribution is -2.51. The lowest BCUT2D eigenvalue weighted by molar-refractivity contribution is -0.137. The zero-order valence-corrected chi connectivity index (χ0v) is 20.7. The third-order valence-electron chi connectivity index (χ3n) is 6.76. The van der Waals surface area contributed by atoms with E-state index in [9.17, 15) is 14.4 Å². The second-order valence-corrected chi connectivity index (χ2v) is 10.5. The van der Waals surface area contributed by atoms with Gasteiger partial charge < -0.3 is 20.5 Å². The molecule has 35 heavy (non-hydrogen) atoms. The Morgan fingerprint density at radius 2 is 1.71 bits per heavy atom. The van der Waals surface area contributed by atoms with Crippen molar-refractivity contribution < 1.29 is 24.2 Å². The summed E-state index contributed by atoms with van der Waals surface area (Å²) in [6.07, 6.45) is 2.04. The summed E-state index contributed by atoms with van der Waals surface area (Å²) in [7, 11) is 0. The van der Waals surface area contributed by atoms with Crippen LogP contribution >= 0.6 is 11.8 Å². The number of hydrogen-bond acceptors (Lipinski definition) is 5. The van der Waals surface area contributed by atoms with Crippen LogP contribution in [-0.4, -0.2) is 52.8 Å². The Morgan fingerprint density at radius 1 is 1.06 bits per heavy atom. The van der Waals surface area contributed by atoms with E-state index in [1.807, 2.05) is 48.2 Å². The fourth-order valence-electron chi connectivity index (χ4n) is 5.11. The SMILES string of the molecule is CCSC1CCCC1NC(=O)C(CCC(=O)O)NC(=O)OCC1c2ccccc2-c2ccccc21. The Balaban J connectivity index is 1.39. The summed E-state index contributed by atoms with van der Waals surface area (Å²) in [4.78, 5) is 36.9. The van der Waals surface area contributed by atoms with Gasteiger partial charge in [-0.15, -0.1) is 0 Å². The van der Waals surface area contributed by atoms with E-state index in [1.165, 1.54) is 0 Å². The summed E-state index contributed by atoms with van der Waals surface area (Å²) < 4.78 is 5.58. The Labute approximate surface area is 210 Å². The van der Waals surface area contributed by atoms with Crippen LogP contribution in [0.25, 0.3) is 11.1 Å². The van der Waals surface area contributed by atoms with E-state index in [0.717, 1.165) is 47.3 Å². The number of carboxylic acids is 1. The number of aliphatic carboxylic acids is 1. The molecule has 0 radical (unpaired) electrons. The average Bonchev–Trinajstić information content (AvgIpc) is 3.42. The predicted molar refractivity (Wildman–Crippen MR) is 137 cm³/mol. The maximum Gasteiger partial charge on any atom is 0.407 e. The van der Waals surface area contributed by atoms with Crippen LogP contribution in [0.4, 0.5) is 4.79 Å². The van der Waals surface area contributed by atoms with Crippen molar-refractivity contribution >= 4 is 29.7 Å². The molecule has 0 heterocycles. The molecule has 2 aromatic carbocycles. The highest BCUT2D eigenvalue weighted by molar-refractivity contribution is 7.99. The number of nitrogens with one attached hydrogen (secondary N) is 2. The number of benzene rings is 2. The summed E-state index contributed by atoms with van der Waals surface area (Å²) in [5, 5.41) is 15.1. The van der Waals surface area contributed by atoms with Crippen molar-refractivity contribution in [1.82, 2.24) is 10.6 Å². The second kappa shape index (κ2) is 11.6. The standard InChI is InChI=1S/C27H32N2O5S/c1-2-35-24-13-7-12-22(24)28-26(32)23(14-15-25(30)31)29-27(33)34-16-21-19-10-5-3-8-17(19)18-9-4-6-11-20(18)21/h3-6,8-11,21-24H,2,7,12-16H2,1H3,(H,28,32)(H,29,33)(H,30,31). The number of alkyl carbamates (subject to hydrolysis) is 1. The van der Waals surface area contributed by atoms with E-state index < -0.39 is 18.1 Å². The molecule has 2 aliphatic rings. The lowest BCUT2D eigenvalue weighted by atomic mass is 9.98. The topological polar surface area (TPSA) is 105 Å². The van der Waals surface area contributed by atoms with Gasteiger partial charge in [0.1, 0.15) is 12.6 Å². The van der Waals surface area contributed by atoms with Gasteiger partial charge >= 0.3 is 12.1 Å². The summed E-state index contributed by atoms with van der Waals surface area (Å²) in [5.74, 6) is -0.493. The third-order valence-corrected chi connectivity index (χ3v) is 8.09. The second-order valence-electron chi connectivity index (χ2n) is 8.99. The molecule has 0 aromatic heterocycles. The molecule has 186 valence electrons. The number of fused-ring (bicyclic) bond motifs is 3. The molecule has 0 spiro atoms. The van der Waals surface area contributed by atoms with Crippen molar-refractivity contribution in [2.45, 2.75) is 62.3 Å². The molecule has 1 saturated carbocycles. The predicted octanol–water partition coefficient (Wildman–Crippen LogP) is 4.55. The van der Waals surface area contributed by atoms with E-state index >= 15 is 0 Å². The highest BCUT2D eigenvalue weighted by Crippen LogP contribution is 2.44. The van der Waals surface area contributed by atoms with Gasteiger partial charge in [0.05, 0.1) is 0 Å². The molecule has 3 N–H and O–H groups in total. The maximum absolute atomic E-state index is 13.0. The monoisotopic (exact) mass is 496 g/mol. The number of carboxylic acid groups (broad SMARTS) is 1. The fourth-order valence-corrected chi connectivity index (χ4v) is 6.30. The molecule has 3 unspecified atom stereocenters. The number of rotatable bonds is 10. The number of amides is 2. The number of carbonyl (C=O) groups excluding carboxylic acids is 2. The van der Waals surface area contributed by atoms with Crippen molar-refractivity contribution in [3.63, 3.8) is 0 Å². The number of carbonyl (C=O) groups is 3. The minimum Gasteiger partial charge on any atom is -0.481 e. The highest BCUT2D eigenvalue weighted by atomic mass is 32.2. The highest BCUT2D eigenvalue weighted by Gasteiger charge is 2.32. The van der Waals surface area contributed by atoms with Gasteiger partial charge in [0, 0.05) is 23.6 Å². The van der Waals surface area contributed by atoms with Crippen LogP contribution in [-0.2, 0) is 14.3 Å². The summed E-state index contributed by atoms with van der Waals surface area (Å²) >= 11 is 1.82. The van der Waals surface area contributed by atoms with Gasteiger partial charge in [-0.1, -0.05) is 61.9 Å². The van der Waals surface area contributed by atoms with Gasteiger partial charge in [-0.05, 0) is 47.3 Å².